The van der Waals surface area contributed by atoms with E-state index in [0.29, 0.717) is 12.2 Å². The third-order valence-corrected chi connectivity index (χ3v) is 3.94. The van der Waals surface area contributed by atoms with E-state index in [0.717, 1.165) is 17.4 Å². The summed E-state index contributed by atoms with van der Waals surface area (Å²) in [5.41, 5.74) is 1.26. The molecule has 0 aliphatic rings. The van der Waals surface area contributed by atoms with Crippen molar-refractivity contribution in [3.63, 3.8) is 0 Å². The quantitative estimate of drug-likeness (QED) is 0.838. The fraction of sp³-hybridized carbons (Fsp3) is 0.286. The van der Waals surface area contributed by atoms with E-state index in [-0.39, 0.29) is 21.9 Å². The zero-order valence-electron chi connectivity index (χ0n) is 12.2. The summed E-state index contributed by atoms with van der Waals surface area (Å²) in [6.07, 6.45) is 4.99. The molecule has 2 aromatic rings. The Morgan fingerprint density at radius 3 is 2.82 bits per heavy atom. The van der Waals surface area contributed by atoms with Gasteiger partial charge in [-0.15, -0.1) is 0 Å². The van der Waals surface area contributed by atoms with Gasteiger partial charge in [-0.05, 0) is 19.1 Å². The number of pyridine rings is 1. The van der Waals surface area contributed by atoms with E-state index in [2.05, 4.69) is 10.1 Å². The molecule has 0 aliphatic heterocycles. The zero-order valence-corrected chi connectivity index (χ0v) is 13.8. The van der Waals surface area contributed by atoms with Crippen LogP contribution in [0.5, 0.6) is 0 Å². The number of nitrogens with zero attached hydrogens (tertiary/aromatic N) is 4. The summed E-state index contributed by atoms with van der Waals surface area (Å²) < 4.78 is 1.57. The summed E-state index contributed by atoms with van der Waals surface area (Å²) >= 11 is 7.13. The Morgan fingerprint density at radius 2 is 2.23 bits per heavy atom. The van der Waals surface area contributed by atoms with Gasteiger partial charge in [0.1, 0.15) is 5.69 Å². The fourth-order valence-electron chi connectivity index (χ4n) is 1.87. The summed E-state index contributed by atoms with van der Waals surface area (Å²) in [4.78, 5) is 28.8. The van der Waals surface area contributed by atoms with Gasteiger partial charge in [-0.3, -0.25) is 14.6 Å². The van der Waals surface area contributed by atoms with Crippen molar-refractivity contribution in [3.05, 3.63) is 35.9 Å². The molecule has 2 rings (SSSR count). The smallest absolute Gasteiger partial charge is 0.237 e. The predicted molar refractivity (Wildman–Crippen MR) is 87.5 cm³/mol. The summed E-state index contributed by atoms with van der Waals surface area (Å²) in [6.45, 7) is 3.71. The van der Waals surface area contributed by atoms with E-state index < -0.39 is 0 Å². The average molecular weight is 339 g/mol. The van der Waals surface area contributed by atoms with Crippen molar-refractivity contribution in [2.75, 3.05) is 17.2 Å². The molecule has 0 fully saturated rings. The van der Waals surface area contributed by atoms with Gasteiger partial charge in [0, 0.05) is 19.7 Å². The minimum atomic E-state index is -0.185. The van der Waals surface area contributed by atoms with Crippen molar-refractivity contribution in [2.45, 2.75) is 13.8 Å². The van der Waals surface area contributed by atoms with Crippen LogP contribution in [0.4, 0.5) is 5.69 Å². The number of aromatic nitrogens is 3. The molecule has 0 spiro atoms. The van der Waals surface area contributed by atoms with Crippen LogP contribution in [-0.4, -0.2) is 38.1 Å². The maximum Gasteiger partial charge on any atom is 0.237 e. The van der Waals surface area contributed by atoms with E-state index in [4.69, 9.17) is 11.6 Å². The molecule has 1 amide bonds. The number of thioether (sulfide) groups is 1. The maximum absolute atomic E-state index is 12.2. The fourth-order valence-corrected chi connectivity index (χ4v) is 2.58. The van der Waals surface area contributed by atoms with Crippen molar-refractivity contribution in [1.82, 2.24) is 14.8 Å². The normalized spacial score (nSPS) is 10.5. The first kappa shape index (κ1) is 16.5. The number of carbonyl (C=O) groups excluding carboxylic acids is 2. The molecule has 6 nitrogen and oxygen atoms in total. The number of amides is 1. The van der Waals surface area contributed by atoms with Gasteiger partial charge in [-0.1, -0.05) is 23.4 Å². The standard InChI is InChI=1S/C14H15ClN4O2S/c1-3-18(13(21)9-22-10(2)20)12-8-19(17-14(12)15)11-5-4-6-16-7-11/h4-8H,3,9H2,1-2H3. The lowest BCUT2D eigenvalue weighted by molar-refractivity contribution is -0.116. The second-order valence-electron chi connectivity index (χ2n) is 4.38. The Balaban J connectivity index is 2.25. The van der Waals surface area contributed by atoms with Gasteiger partial charge in [0.15, 0.2) is 10.3 Å². The number of hydrogen-bond acceptors (Lipinski definition) is 5. The third-order valence-electron chi connectivity index (χ3n) is 2.87. The number of rotatable bonds is 5. The summed E-state index contributed by atoms with van der Waals surface area (Å²) in [5.74, 6) is -0.104. The van der Waals surface area contributed by atoms with Gasteiger partial charge in [0.05, 0.1) is 23.8 Å². The van der Waals surface area contributed by atoms with Crippen molar-refractivity contribution < 1.29 is 9.59 Å². The van der Waals surface area contributed by atoms with Gasteiger partial charge in [-0.2, -0.15) is 5.10 Å². The topological polar surface area (TPSA) is 68.1 Å². The highest BCUT2D eigenvalue weighted by Crippen LogP contribution is 2.26. The second kappa shape index (κ2) is 7.42. The lowest BCUT2D eigenvalue weighted by Crippen LogP contribution is -2.32. The van der Waals surface area contributed by atoms with Crippen molar-refractivity contribution >= 4 is 40.1 Å². The van der Waals surface area contributed by atoms with Gasteiger partial charge in [0.2, 0.25) is 5.91 Å². The Labute approximate surface area is 137 Å². The van der Waals surface area contributed by atoms with Crippen molar-refractivity contribution in [3.8, 4) is 5.69 Å². The molecule has 0 aliphatic carbocycles. The molecule has 0 radical (unpaired) electrons. The molecule has 0 unspecified atom stereocenters. The first-order valence-corrected chi connectivity index (χ1v) is 7.98. The number of halogens is 1. The SMILES string of the molecule is CCN(C(=O)CSC(C)=O)c1cn(-c2cccnc2)nc1Cl. The Morgan fingerprint density at radius 1 is 1.45 bits per heavy atom. The van der Waals surface area contributed by atoms with Crippen LogP contribution in [0.15, 0.2) is 30.7 Å². The van der Waals surface area contributed by atoms with Crippen molar-refractivity contribution in [1.29, 1.82) is 0 Å². The van der Waals surface area contributed by atoms with Crippen LogP contribution in [0, 0.1) is 0 Å². The van der Waals surface area contributed by atoms with Gasteiger partial charge in [0.25, 0.3) is 0 Å². The van der Waals surface area contributed by atoms with Gasteiger partial charge >= 0.3 is 0 Å². The number of anilines is 1. The minimum absolute atomic E-state index is 0.0809. The molecule has 2 aromatic heterocycles. The van der Waals surface area contributed by atoms with E-state index in [1.807, 2.05) is 13.0 Å². The Hall–Kier alpha value is -1.86. The summed E-state index contributed by atoms with van der Waals surface area (Å²) in [5, 5.41) is 4.33. The van der Waals surface area contributed by atoms with Crippen LogP contribution in [-0.2, 0) is 9.59 Å². The molecule has 22 heavy (non-hydrogen) atoms. The second-order valence-corrected chi connectivity index (χ2v) is 5.89. The molecule has 0 aromatic carbocycles. The molecule has 0 saturated heterocycles. The van der Waals surface area contributed by atoms with Gasteiger partial charge < -0.3 is 4.90 Å². The van der Waals surface area contributed by atoms with Crippen LogP contribution in [0.25, 0.3) is 5.69 Å². The molecule has 0 atom stereocenters. The zero-order chi connectivity index (χ0) is 16.1. The highest BCUT2D eigenvalue weighted by Gasteiger charge is 2.20. The summed E-state index contributed by atoms with van der Waals surface area (Å²) in [7, 11) is 0. The third kappa shape index (κ3) is 3.86. The van der Waals surface area contributed by atoms with Crippen LogP contribution < -0.4 is 4.90 Å². The molecule has 0 saturated carbocycles. The van der Waals surface area contributed by atoms with E-state index in [1.165, 1.54) is 11.8 Å². The lowest BCUT2D eigenvalue weighted by Gasteiger charge is -2.18. The first-order chi connectivity index (χ1) is 10.5. The number of hydrogen-bond donors (Lipinski definition) is 0. The average Bonchev–Trinajstić information content (AvgIpc) is 2.89. The van der Waals surface area contributed by atoms with E-state index in [9.17, 15) is 9.59 Å². The maximum atomic E-state index is 12.2. The number of carbonyl (C=O) groups is 2. The highest BCUT2D eigenvalue weighted by atomic mass is 35.5. The minimum Gasteiger partial charge on any atom is -0.308 e. The first-order valence-electron chi connectivity index (χ1n) is 6.62. The van der Waals surface area contributed by atoms with Crippen molar-refractivity contribution in [2.24, 2.45) is 0 Å². The Kier molecular flexibility index (Phi) is 5.57. The van der Waals surface area contributed by atoms with Crippen LogP contribution in [0.2, 0.25) is 5.15 Å². The molecular formula is C14H15ClN4O2S. The highest BCUT2D eigenvalue weighted by molar-refractivity contribution is 8.14. The van der Waals surface area contributed by atoms with Crippen LogP contribution in [0.1, 0.15) is 13.8 Å². The van der Waals surface area contributed by atoms with Gasteiger partial charge in [-0.25, -0.2) is 4.68 Å². The monoisotopic (exact) mass is 338 g/mol. The predicted octanol–water partition coefficient (Wildman–Crippen LogP) is 2.55. The molecule has 2 heterocycles. The van der Waals surface area contributed by atoms with E-state index in [1.54, 1.807) is 29.3 Å². The summed E-state index contributed by atoms with van der Waals surface area (Å²) in [6, 6.07) is 3.63. The molecule has 0 bridgehead atoms. The Bertz CT molecular complexity index is 675. The van der Waals surface area contributed by atoms with E-state index >= 15 is 0 Å². The van der Waals surface area contributed by atoms with Crippen LogP contribution in [0.3, 0.4) is 0 Å². The molecular weight excluding hydrogens is 324 g/mol. The molecule has 8 heteroatoms. The van der Waals surface area contributed by atoms with Crippen LogP contribution >= 0.6 is 23.4 Å². The molecule has 0 N–H and O–H groups in total. The lowest BCUT2D eigenvalue weighted by atomic mass is 10.4. The molecule has 116 valence electrons. The largest absolute Gasteiger partial charge is 0.308 e.